The minimum atomic E-state index is -0.325. The largest absolute Gasteiger partial charge is 0.496 e. The normalized spacial score (nSPS) is 12.3. The summed E-state index contributed by atoms with van der Waals surface area (Å²) < 4.78 is 7.09. The number of hydrogen-bond acceptors (Lipinski definition) is 6. The third kappa shape index (κ3) is 2.52. The molecular formula is C19H15N7O2. The summed E-state index contributed by atoms with van der Waals surface area (Å²) in [5.74, 6) is 0.358. The van der Waals surface area contributed by atoms with E-state index in [0.29, 0.717) is 28.3 Å². The highest BCUT2D eigenvalue weighted by molar-refractivity contribution is 6.09. The van der Waals surface area contributed by atoms with Crippen LogP contribution in [0.2, 0.25) is 0 Å². The molecule has 0 atom stereocenters. The van der Waals surface area contributed by atoms with Crippen molar-refractivity contribution in [2.75, 3.05) is 12.4 Å². The Bertz CT molecular complexity index is 1240. The molecule has 0 unspecified atom stereocenters. The molecule has 1 amide bonds. The summed E-state index contributed by atoms with van der Waals surface area (Å²) in [7, 11) is 1.61. The fourth-order valence-electron chi connectivity index (χ4n) is 3.26. The number of methoxy groups -OCH3 is 1. The van der Waals surface area contributed by atoms with E-state index in [-0.39, 0.29) is 5.91 Å². The maximum absolute atomic E-state index is 12.8. The number of fused-ring (bicyclic) bond motifs is 2. The highest BCUT2D eigenvalue weighted by Crippen LogP contribution is 2.39. The number of hydrogen-bond donors (Lipinski definition) is 2. The molecule has 138 valence electrons. The van der Waals surface area contributed by atoms with Crippen LogP contribution in [-0.4, -0.2) is 44.0 Å². The van der Waals surface area contributed by atoms with E-state index in [1.54, 1.807) is 36.3 Å². The number of ether oxygens (including phenoxy) is 1. The molecule has 1 aliphatic rings. The zero-order valence-electron chi connectivity index (χ0n) is 14.9. The van der Waals surface area contributed by atoms with Crippen LogP contribution in [0.1, 0.15) is 15.9 Å². The fourth-order valence-corrected chi connectivity index (χ4v) is 3.26. The standard InChI is InChI=1S/C19H15N7O2/c1-28-16-7-11-3-5-20-14(11)8-12(16)17-15(10-22-25-17)24-19(27)13-9-23-26-6-2-4-21-18(13)26/h2,4-10H,3H2,1H3,(H,22,25)(H,24,27). The summed E-state index contributed by atoms with van der Waals surface area (Å²) in [6.45, 7) is 0. The number of nitrogens with zero attached hydrogens (tertiary/aromatic N) is 5. The van der Waals surface area contributed by atoms with Crippen LogP contribution in [0.15, 0.2) is 48.0 Å². The van der Waals surface area contributed by atoms with Crippen molar-refractivity contribution in [3.05, 3.63) is 54.1 Å². The van der Waals surface area contributed by atoms with Gasteiger partial charge in [-0.05, 0) is 23.8 Å². The Morgan fingerprint density at radius 2 is 2.25 bits per heavy atom. The molecule has 4 aromatic rings. The number of aromatic amines is 1. The first-order chi connectivity index (χ1) is 13.7. The van der Waals surface area contributed by atoms with Gasteiger partial charge in [0.2, 0.25) is 0 Å². The monoisotopic (exact) mass is 373 g/mol. The van der Waals surface area contributed by atoms with Crippen LogP contribution in [0.4, 0.5) is 11.4 Å². The Morgan fingerprint density at radius 3 is 3.14 bits per heavy atom. The van der Waals surface area contributed by atoms with E-state index >= 15 is 0 Å². The van der Waals surface area contributed by atoms with E-state index in [0.717, 1.165) is 23.2 Å². The van der Waals surface area contributed by atoms with Gasteiger partial charge >= 0.3 is 0 Å². The molecule has 28 heavy (non-hydrogen) atoms. The number of aliphatic imine (C=N–C) groups is 1. The van der Waals surface area contributed by atoms with E-state index in [9.17, 15) is 4.79 Å². The van der Waals surface area contributed by atoms with Gasteiger partial charge in [0.1, 0.15) is 11.3 Å². The molecule has 9 heteroatoms. The number of carbonyl (C=O) groups is 1. The highest BCUT2D eigenvalue weighted by Gasteiger charge is 2.20. The third-order valence-corrected chi connectivity index (χ3v) is 4.62. The zero-order chi connectivity index (χ0) is 19.1. The van der Waals surface area contributed by atoms with Crippen molar-refractivity contribution >= 4 is 29.1 Å². The molecule has 0 fully saturated rings. The molecule has 0 saturated carbocycles. The number of rotatable bonds is 4. The number of carbonyl (C=O) groups excluding carboxylic acids is 1. The average molecular weight is 373 g/mol. The first-order valence-corrected chi connectivity index (χ1v) is 8.61. The van der Waals surface area contributed by atoms with Crippen LogP contribution in [0.25, 0.3) is 16.9 Å². The van der Waals surface area contributed by atoms with E-state index < -0.39 is 0 Å². The van der Waals surface area contributed by atoms with Crippen LogP contribution < -0.4 is 10.1 Å². The van der Waals surface area contributed by atoms with Gasteiger partial charge in [-0.25, -0.2) is 9.50 Å². The molecular weight excluding hydrogens is 358 g/mol. The van der Waals surface area contributed by atoms with Gasteiger partial charge < -0.3 is 10.1 Å². The van der Waals surface area contributed by atoms with Crippen molar-refractivity contribution < 1.29 is 9.53 Å². The van der Waals surface area contributed by atoms with E-state index in [1.165, 1.54) is 6.20 Å². The van der Waals surface area contributed by atoms with Gasteiger partial charge in [-0.2, -0.15) is 10.2 Å². The number of amides is 1. The van der Waals surface area contributed by atoms with Crippen molar-refractivity contribution in [2.45, 2.75) is 6.42 Å². The Labute approximate surface area is 159 Å². The maximum atomic E-state index is 12.8. The molecule has 0 spiro atoms. The molecule has 0 aliphatic carbocycles. The van der Waals surface area contributed by atoms with Crippen LogP contribution in [0.5, 0.6) is 5.75 Å². The highest BCUT2D eigenvalue weighted by atomic mass is 16.5. The molecule has 0 saturated heterocycles. The van der Waals surface area contributed by atoms with E-state index in [1.807, 2.05) is 18.3 Å². The number of aromatic nitrogens is 5. The van der Waals surface area contributed by atoms with Gasteiger partial charge in [0, 0.05) is 30.6 Å². The maximum Gasteiger partial charge on any atom is 0.261 e. The summed E-state index contributed by atoms with van der Waals surface area (Å²) in [4.78, 5) is 21.4. The van der Waals surface area contributed by atoms with Crippen molar-refractivity contribution in [3.63, 3.8) is 0 Å². The zero-order valence-corrected chi connectivity index (χ0v) is 14.9. The summed E-state index contributed by atoms with van der Waals surface area (Å²) in [5, 5.41) is 14.1. The van der Waals surface area contributed by atoms with Gasteiger partial charge in [-0.3, -0.25) is 14.9 Å². The van der Waals surface area contributed by atoms with Gasteiger partial charge in [0.15, 0.2) is 5.65 Å². The Hall–Kier alpha value is -4.01. The minimum Gasteiger partial charge on any atom is -0.496 e. The van der Waals surface area contributed by atoms with Crippen molar-refractivity contribution in [3.8, 4) is 17.0 Å². The van der Waals surface area contributed by atoms with Crippen LogP contribution in [0.3, 0.4) is 0 Å². The molecule has 2 N–H and O–H groups in total. The van der Waals surface area contributed by atoms with Crippen LogP contribution in [0, 0.1) is 0 Å². The summed E-state index contributed by atoms with van der Waals surface area (Å²) in [6, 6.07) is 5.63. The van der Waals surface area contributed by atoms with Crippen LogP contribution in [-0.2, 0) is 6.42 Å². The second kappa shape index (κ2) is 6.31. The Kier molecular flexibility index (Phi) is 3.64. The Balaban J connectivity index is 1.52. The van der Waals surface area contributed by atoms with Crippen molar-refractivity contribution in [2.24, 2.45) is 4.99 Å². The lowest BCUT2D eigenvalue weighted by molar-refractivity contribution is 0.102. The fraction of sp³-hybridized carbons (Fsp3) is 0.105. The topological polar surface area (TPSA) is 110 Å². The lowest BCUT2D eigenvalue weighted by Crippen LogP contribution is -2.12. The van der Waals surface area contributed by atoms with Gasteiger partial charge in [-0.15, -0.1) is 0 Å². The second-order valence-corrected chi connectivity index (χ2v) is 6.26. The number of anilines is 1. The predicted molar refractivity (Wildman–Crippen MR) is 103 cm³/mol. The Morgan fingerprint density at radius 1 is 1.32 bits per heavy atom. The molecule has 4 heterocycles. The predicted octanol–water partition coefficient (Wildman–Crippen LogP) is 2.64. The SMILES string of the molecule is COc1cc2c(cc1-c1[nH]ncc1NC(=O)c1cnn3cccnc13)N=CC2. The molecule has 9 nitrogen and oxygen atoms in total. The number of H-pyrrole nitrogens is 1. The first-order valence-electron chi connectivity index (χ1n) is 8.61. The van der Waals surface area contributed by atoms with Crippen molar-refractivity contribution in [1.82, 2.24) is 24.8 Å². The first kappa shape index (κ1) is 16.2. The summed E-state index contributed by atoms with van der Waals surface area (Å²) >= 11 is 0. The van der Waals surface area contributed by atoms with Gasteiger partial charge in [0.25, 0.3) is 5.91 Å². The molecule has 1 aliphatic heterocycles. The molecule has 5 rings (SSSR count). The number of benzene rings is 1. The smallest absolute Gasteiger partial charge is 0.261 e. The quantitative estimate of drug-likeness (QED) is 0.571. The molecule has 0 radical (unpaired) electrons. The van der Waals surface area contributed by atoms with Gasteiger partial charge in [-0.1, -0.05) is 0 Å². The van der Waals surface area contributed by atoms with E-state index in [2.05, 4.69) is 30.6 Å². The lowest BCUT2D eigenvalue weighted by atomic mass is 10.0. The van der Waals surface area contributed by atoms with Crippen molar-refractivity contribution in [1.29, 1.82) is 0 Å². The summed E-state index contributed by atoms with van der Waals surface area (Å²) in [5.41, 5.74) is 4.77. The van der Waals surface area contributed by atoms with Crippen LogP contribution >= 0.6 is 0 Å². The molecule has 1 aromatic carbocycles. The molecule has 0 bridgehead atoms. The van der Waals surface area contributed by atoms with E-state index in [4.69, 9.17) is 4.74 Å². The third-order valence-electron chi connectivity index (χ3n) is 4.62. The number of nitrogens with one attached hydrogen (secondary N) is 2. The minimum absolute atomic E-state index is 0.325. The summed E-state index contributed by atoms with van der Waals surface area (Å²) in [6.07, 6.45) is 9.04. The average Bonchev–Trinajstić information content (AvgIpc) is 3.45. The second-order valence-electron chi connectivity index (χ2n) is 6.26. The van der Waals surface area contributed by atoms with Gasteiger partial charge in [0.05, 0.1) is 36.6 Å². The molecule has 3 aromatic heterocycles. The lowest BCUT2D eigenvalue weighted by Gasteiger charge is -2.11.